The minimum absolute atomic E-state index is 0.402. The number of hydrogen-bond acceptors (Lipinski definition) is 4. The Bertz CT molecular complexity index is 833. The van der Waals surface area contributed by atoms with Crippen LogP contribution in [0.3, 0.4) is 0 Å². The number of amides is 3. The molecule has 0 fully saturated rings. The average Bonchev–Trinajstić information content (AvgIpc) is 3.14. The molecule has 0 saturated heterocycles. The van der Waals surface area contributed by atoms with E-state index in [4.69, 9.17) is 4.74 Å². The van der Waals surface area contributed by atoms with Gasteiger partial charge < -0.3 is 10.1 Å². The average molecular weight is 352 g/mol. The second-order valence-corrected chi connectivity index (χ2v) is 6.10. The van der Waals surface area contributed by atoms with Crippen LogP contribution in [-0.4, -0.2) is 25.0 Å². The van der Waals surface area contributed by atoms with Crippen molar-refractivity contribution in [2.24, 2.45) is 0 Å². The third-order valence-corrected chi connectivity index (χ3v) is 4.36. The van der Waals surface area contributed by atoms with Crippen LogP contribution in [0.25, 0.3) is 0 Å². The highest BCUT2D eigenvalue weighted by molar-refractivity contribution is 5.99. The second kappa shape index (κ2) is 7.82. The lowest BCUT2D eigenvalue weighted by atomic mass is 10.1. The monoisotopic (exact) mass is 352 g/mol. The van der Waals surface area contributed by atoms with Gasteiger partial charge in [0.05, 0.1) is 5.56 Å². The third-order valence-electron chi connectivity index (χ3n) is 4.36. The van der Waals surface area contributed by atoms with Crippen LogP contribution in [-0.2, 0) is 22.4 Å². The SMILES string of the molecule is CNC(=O)NC(=O)C(OC(=O)c1ccc2c(c1)CCC2)c1ccccc1. The van der Waals surface area contributed by atoms with Crippen LogP contribution >= 0.6 is 0 Å². The Hall–Kier alpha value is -3.15. The molecule has 0 spiro atoms. The summed E-state index contributed by atoms with van der Waals surface area (Å²) in [5.74, 6) is -1.30. The number of fused-ring (bicyclic) bond motifs is 1. The van der Waals surface area contributed by atoms with Gasteiger partial charge in [-0.15, -0.1) is 0 Å². The van der Waals surface area contributed by atoms with E-state index in [2.05, 4.69) is 10.6 Å². The van der Waals surface area contributed by atoms with Crippen molar-refractivity contribution in [3.63, 3.8) is 0 Å². The summed E-state index contributed by atoms with van der Waals surface area (Å²) in [6, 6.07) is 13.4. The number of imide groups is 1. The molecule has 6 heteroatoms. The summed E-state index contributed by atoms with van der Waals surface area (Å²) in [4.78, 5) is 36.5. The number of carbonyl (C=O) groups is 3. The first-order valence-electron chi connectivity index (χ1n) is 8.49. The van der Waals surface area contributed by atoms with Gasteiger partial charge in [0, 0.05) is 12.6 Å². The van der Waals surface area contributed by atoms with Crippen LogP contribution < -0.4 is 10.6 Å². The maximum absolute atomic E-state index is 12.6. The first-order valence-corrected chi connectivity index (χ1v) is 8.49. The Labute approximate surface area is 151 Å². The van der Waals surface area contributed by atoms with Crippen LogP contribution in [0.1, 0.15) is 39.6 Å². The van der Waals surface area contributed by atoms with Crippen molar-refractivity contribution in [3.05, 3.63) is 70.8 Å². The lowest BCUT2D eigenvalue weighted by molar-refractivity contribution is -0.129. The number of nitrogens with one attached hydrogen (secondary N) is 2. The molecule has 2 aromatic carbocycles. The summed E-state index contributed by atoms with van der Waals surface area (Å²) in [6.45, 7) is 0. The van der Waals surface area contributed by atoms with Crippen LogP contribution in [0, 0.1) is 0 Å². The van der Waals surface area contributed by atoms with Crippen molar-refractivity contribution in [1.29, 1.82) is 0 Å². The number of esters is 1. The van der Waals surface area contributed by atoms with Crippen molar-refractivity contribution >= 4 is 17.9 Å². The Morgan fingerprint density at radius 3 is 2.46 bits per heavy atom. The van der Waals surface area contributed by atoms with Gasteiger partial charge in [0.1, 0.15) is 0 Å². The molecule has 1 unspecified atom stereocenters. The molecule has 2 N–H and O–H groups in total. The van der Waals surface area contributed by atoms with Gasteiger partial charge in [-0.1, -0.05) is 36.4 Å². The molecule has 0 bridgehead atoms. The zero-order valence-electron chi connectivity index (χ0n) is 14.5. The van der Waals surface area contributed by atoms with Crippen molar-refractivity contribution in [3.8, 4) is 0 Å². The van der Waals surface area contributed by atoms with Crippen LogP contribution in [0.2, 0.25) is 0 Å². The molecule has 0 radical (unpaired) electrons. The number of urea groups is 1. The van der Waals surface area contributed by atoms with Crippen LogP contribution in [0.5, 0.6) is 0 Å². The molecular formula is C20H20N2O4. The van der Waals surface area contributed by atoms with Crippen molar-refractivity contribution < 1.29 is 19.1 Å². The zero-order valence-corrected chi connectivity index (χ0v) is 14.5. The van der Waals surface area contributed by atoms with Gasteiger partial charge in [-0.3, -0.25) is 10.1 Å². The molecule has 0 aliphatic heterocycles. The van der Waals surface area contributed by atoms with E-state index in [1.165, 1.54) is 12.6 Å². The van der Waals surface area contributed by atoms with Gasteiger partial charge in [-0.2, -0.15) is 0 Å². The Morgan fingerprint density at radius 1 is 1.00 bits per heavy atom. The highest BCUT2D eigenvalue weighted by atomic mass is 16.5. The van der Waals surface area contributed by atoms with Gasteiger partial charge in [0.2, 0.25) is 6.10 Å². The molecule has 1 atom stereocenters. The summed E-state index contributed by atoms with van der Waals surface area (Å²) in [7, 11) is 1.40. The van der Waals surface area contributed by atoms with Gasteiger partial charge in [0.25, 0.3) is 5.91 Å². The topological polar surface area (TPSA) is 84.5 Å². The van der Waals surface area contributed by atoms with Crippen molar-refractivity contribution in [2.45, 2.75) is 25.4 Å². The number of benzene rings is 2. The lowest BCUT2D eigenvalue weighted by Gasteiger charge is -2.17. The molecule has 26 heavy (non-hydrogen) atoms. The lowest BCUT2D eigenvalue weighted by Crippen LogP contribution is -2.41. The first-order chi connectivity index (χ1) is 12.6. The van der Waals surface area contributed by atoms with Gasteiger partial charge in [0.15, 0.2) is 0 Å². The third kappa shape index (κ3) is 3.91. The number of hydrogen-bond donors (Lipinski definition) is 2. The maximum atomic E-state index is 12.6. The van der Waals surface area contributed by atoms with E-state index in [0.29, 0.717) is 11.1 Å². The molecule has 134 valence electrons. The maximum Gasteiger partial charge on any atom is 0.339 e. The summed E-state index contributed by atoms with van der Waals surface area (Å²) >= 11 is 0. The van der Waals surface area contributed by atoms with E-state index in [9.17, 15) is 14.4 Å². The minimum Gasteiger partial charge on any atom is -0.444 e. The molecule has 1 aliphatic carbocycles. The molecule has 3 amide bonds. The minimum atomic E-state index is -1.21. The Kier molecular flexibility index (Phi) is 5.31. The number of aryl methyl sites for hydroxylation is 2. The predicted octanol–water partition coefficient (Wildman–Crippen LogP) is 2.53. The number of carbonyl (C=O) groups excluding carboxylic acids is 3. The molecule has 1 aliphatic rings. The molecule has 3 rings (SSSR count). The highest BCUT2D eigenvalue weighted by Crippen LogP contribution is 2.25. The van der Waals surface area contributed by atoms with Crippen molar-refractivity contribution in [1.82, 2.24) is 10.6 Å². The molecule has 2 aromatic rings. The fourth-order valence-corrected chi connectivity index (χ4v) is 3.01. The van der Waals surface area contributed by atoms with Crippen LogP contribution in [0.4, 0.5) is 4.79 Å². The predicted molar refractivity (Wildman–Crippen MR) is 95.7 cm³/mol. The van der Waals surface area contributed by atoms with Crippen LogP contribution in [0.15, 0.2) is 48.5 Å². The van der Waals surface area contributed by atoms with E-state index in [1.54, 1.807) is 36.4 Å². The summed E-state index contributed by atoms with van der Waals surface area (Å²) in [5, 5.41) is 4.46. The van der Waals surface area contributed by atoms with E-state index < -0.39 is 24.0 Å². The standard InChI is InChI=1S/C20H20N2O4/c1-21-20(25)22-18(23)17(14-6-3-2-4-7-14)26-19(24)16-11-10-13-8-5-9-15(13)12-16/h2-4,6-7,10-12,17H,5,8-9H2,1H3,(H2,21,22,23,25). The Balaban J connectivity index is 1.82. The zero-order chi connectivity index (χ0) is 18.5. The number of ether oxygens (including phenoxy) is 1. The van der Waals surface area contributed by atoms with E-state index in [1.807, 2.05) is 12.1 Å². The second-order valence-electron chi connectivity index (χ2n) is 6.10. The molecule has 0 heterocycles. The summed E-state index contributed by atoms with van der Waals surface area (Å²) in [5.41, 5.74) is 3.28. The smallest absolute Gasteiger partial charge is 0.339 e. The Morgan fingerprint density at radius 2 is 1.73 bits per heavy atom. The molecule has 0 aromatic heterocycles. The fraction of sp³-hybridized carbons (Fsp3) is 0.250. The van der Waals surface area contributed by atoms with E-state index in [0.717, 1.165) is 24.8 Å². The largest absolute Gasteiger partial charge is 0.444 e. The molecular weight excluding hydrogens is 332 g/mol. The fourth-order valence-electron chi connectivity index (χ4n) is 3.01. The van der Waals surface area contributed by atoms with E-state index >= 15 is 0 Å². The van der Waals surface area contributed by atoms with E-state index in [-0.39, 0.29) is 0 Å². The van der Waals surface area contributed by atoms with Crippen molar-refractivity contribution in [2.75, 3.05) is 7.05 Å². The van der Waals surface area contributed by atoms with Gasteiger partial charge in [-0.25, -0.2) is 9.59 Å². The van der Waals surface area contributed by atoms with Gasteiger partial charge >= 0.3 is 12.0 Å². The highest BCUT2D eigenvalue weighted by Gasteiger charge is 2.27. The summed E-state index contributed by atoms with van der Waals surface area (Å²) in [6.07, 6.45) is 1.82. The van der Waals surface area contributed by atoms with Gasteiger partial charge in [-0.05, 0) is 42.5 Å². The first kappa shape index (κ1) is 17.7. The normalized spacial score (nSPS) is 13.4. The quantitative estimate of drug-likeness (QED) is 0.828. The summed E-state index contributed by atoms with van der Waals surface area (Å²) < 4.78 is 5.46. The molecule has 0 saturated carbocycles. The number of rotatable bonds is 4. The molecule has 6 nitrogen and oxygen atoms in total.